The molecule has 104 valence electrons. The first-order chi connectivity index (χ1) is 7.94. The Morgan fingerprint density at radius 2 is 1.67 bits per heavy atom. The molecule has 1 atom stereocenters. The molecule has 0 fully saturated rings. The number of nitrogens with one attached hydrogen (secondary N) is 2. The molecule has 0 radical (unpaired) electrons. The van der Waals surface area contributed by atoms with E-state index in [1.807, 2.05) is 41.5 Å². The summed E-state index contributed by atoms with van der Waals surface area (Å²) in [5, 5.41) is 5.81. The Balaban J connectivity index is 3.96. The normalized spacial score (nSPS) is 13.7. The Bertz CT molecular complexity index is 308. The van der Waals surface area contributed by atoms with Crippen molar-refractivity contribution in [3.8, 4) is 0 Å². The molecule has 0 aromatic carbocycles. The van der Waals surface area contributed by atoms with Gasteiger partial charge in [-0.1, -0.05) is 50.3 Å². The van der Waals surface area contributed by atoms with Crippen molar-refractivity contribution in [1.82, 2.24) is 10.6 Å². The average molecular weight is 366 g/mol. The van der Waals surface area contributed by atoms with E-state index >= 15 is 0 Å². The van der Waals surface area contributed by atoms with Crippen molar-refractivity contribution in [2.24, 2.45) is 5.41 Å². The van der Waals surface area contributed by atoms with Crippen LogP contribution in [0, 0.1) is 5.41 Å². The standard InChI is InChI=1S/C12H24BIN2O2/c1-8(16-9(17)11(2,3)4)13-7-15-10(18)12(5,6)14/h8,13H,7H2,1-6H3,(H,15,18)(H,16,17). The van der Waals surface area contributed by atoms with E-state index in [2.05, 4.69) is 33.2 Å². The number of alkyl halides is 1. The third kappa shape index (κ3) is 7.23. The molecule has 0 bridgehead atoms. The molecule has 2 amide bonds. The summed E-state index contributed by atoms with van der Waals surface area (Å²) >= 11 is 2.11. The van der Waals surface area contributed by atoms with Gasteiger partial charge in [0.2, 0.25) is 11.8 Å². The summed E-state index contributed by atoms with van der Waals surface area (Å²) in [5.74, 6) is 0.127. The summed E-state index contributed by atoms with van der Waals surface area (Å²) < 4.78 is -0.393. The maximum absolute atomic E-state index is 11.7. The van der Waals surface area contributed by atoms with Crippen molar-refractivity contribution >= 4 is 41.7 Å². The van der Waals surface area contributed by atoms with Crippen LogP contribution in [0.1, 0.15) is 41.5 Å². The lowest BCUT2D eigenvalue weighted by Gasteiger charge is -2.22. The number of carbonyl (C=O) groups excluding carboxylic acids is 2. The molecule has 2 N–H and O–H groups in total. The van der Waals surface area contributed by atoms with Crippen molar-refractivity contribution in [1.29, 1.82) is 0 Å². The van der Waals surface area contributed by atoms with E-state index in [1.165, 1.54) is 0 Å². The highest BCUT2D eigenvalue weighted by atomic mass is 127. The Kier molecular flexibility index (Phi) is 6.67. The zero-order chi connectivity index (χ0) is 14.6. The first-order valence-corrected chi connectivity index (χ1v) is 7.30. The van der Waals surface area contributed by atoms with E-state index in [1.54, 1.807) is 0 Å². The van der Waals surface area contributed by atoms with Gasteiger partial charge in [-0.15, -0.1) is 0 Å². The van der Waals surface area contributed by atoms with Crippen LogP contribution < -0.4 is 10.6 Å². The maximum atomic E-state index is 11.7. The van der Waals surface area contributed by atoms with E-state index in [-0.39, 0.29) is 23.2 Å². The molecule has 4 nitrogen and oxygen atoms in total. The largest absolute Gasteiger partial charge is 0.363 e. The molecular weight excluding hydrogens is 342 g/mol. The van der Waals surface area contributed by atoms with Crippen molar-refractivity contribution in [3.05, 3.63) is 0 Å². The molecule has 0 aliphatic carbocycles. The van der Waals surface area contributed by atoms with Gasteiger partial charge in [0.1, 0.15) is 0 Å². The Labute approximate surface area is 124 Å². The number of hydrogen-bond donors (Lipinski definition) is 2. The van der Waals surface area contributed by atoms with Crippen LogP contribution in [0.15, 0.2) is 0 Å². The zero-order valence-electron chi connectivity index (χ0n) is 12.2. The minimum Gasteiger partial charge on any atom is -0.363 e. The predicted octanol–water partition coefficient (Wildman–Crippen LogP) is 1.22. The summed E-state index contributed by atoms with van der Waals surface area (Å²) in [6.07, 6.45) is 0.580. The van der Waals surface area contributed by atoms with Gasteiger partial charge in [0.15, 0.2) is 7.28 Å². The van der Waals surface area contributed by atoms with Gasteiger partial charge >= 0.3 is 0 Å². The Morgan fingerprint density at radius 3 is 2.06 bits per heavy atom. The van der Waals surface area contributed by atoms with Gasteiger partial charge in [-0.2, -0.15) is 0 Å². The highest BCUT2D eigenvalue weighted by molar-refractivity contribution is 14.1. The number of halogens is 1. The topological polar surface area (TPSA) is 58.2 Å². The second kappa shape index (κ2) is 6.77. The summed E-state index contributed by atoms with van der Waals surface area (Å²) in [5.41, 5.74) is -0.373. The lowest BCUT2D eigenvalue weighted by molar-refractivity contribution is -0.128. The van der Waals surface area contributed by atoms with Crippen LogP contribution in [-0.2, 0) is 9.59 Å². The number of amides is 2. The zero-order valence-corrected chi connectivity index (χ0v) is 14.3. The van der Waals surface area contributed by atoms with Crippen molar-refractivity contribution < 1.29 is 9.59 Å². The van der Waals surface area contributed by atoms with Crippen molar-refractivity contribution in [2.45, 2.75) is 50.9 Å². The van der Waals surface area contributed by atoms with E-state index < -0.39 is 3.42 Å². The molecule has 0 aliphatic rings. The summed E-state index contributed by atoms with van der Waals surface area (Å²) in [6.45, 7) is 11.3. The Morgan fingerprint density at radius 1 is 1.17 bits per heavy atom. The summed E-state index contributed by atoms with van der Waals surface area (Å²) in [6, 6.07) is 0. The molecule has 0 saturated carbocycles. The lowest BCUT2D eigenvalue weighted by Crippen LogP contribution is -2.47. The molecule has 0 aromatic heterocycles. The smallest absolute Gasteiger partial charge is 0.234 e. The van der Waals surface area contributed by atoms with Crippen LogP contribution in [-0.4, -0.2) is 34.9 Å². The van der Waals surface area contributed by atoms with Gasteiger partial charge in [0.05, 0.1) is 3.42 Å². The van der Waals surface area contributed by atoms with Gasteiger partial charge in [-0.3, -0.25) is 9.59 Å². The van der Waals surface area contributed by atoms with Crippen LogP contribution in [0.5, 0.6) is 0 Å². The minimum atomic E-state index is -0.393. The molecule has 6 heteroatoms. The van der Waals surface area contributed by atoms with Crippen molar-refractivity contribution in [3.63, 3.8) is 0 Å². The number of hydrogen-bond acceptors (Lipinski definition) is 2. The highest BCUT2D eigenvalue weighted by Gasteiger charge is 2.24. The molecule has 1 unspecified atom stereocenters. The molecule has 0 rings (SSSR count). The summed E-state index contributed by atoms with van der Waals surface area (Å²) in [7, 11) is 0.736. The van der Waals surface area contributed by atoms with Gasteiger partial charge in [0, 0.05) is 11.4 Å². The van der Waals surface area contributed by atoms with Gasteiger partial charge < -0.3 is 10.6 Å². The number of rotatable bonds is 5. The fraction of sp³-hybridized carbons (Fsp3) is 0.833. The van der Waals surface area contributed by atoms with E-state index in [0.717, 1.165) is 7.28 Å². The monoisotopic (exact) mass is 366 g/mol. The quantitative estimate of drug-likeness (QED) is 0.437. The fourth-order valence-corrected chi connectivity index (χ4v) is 1.32. The predicted molar refractivity (Wildman–Crippen MR) is 85.3 cm³/mol. The van der Waals surface area contributed by atoms with Gasteiger partial charge in [-0.25, -0.2) is 0 Å². The van der Waals surface area contributed by atoms with E-state index in [9.17, 15) is 9.59 Å². The molecular formula is C12H24BIN2O2. The van der Waals surface area contributed by atoms with Crippen LogP contribution >= 0.6 is 22.6 Å². The second-order valence-electron chi connectivity index (χ2n) is 6.14. The SMILES string of the molecule is CC(BCNC(=O)C(C)(C)I)NC(=O)C(C)(C)C. The Hall–Kier alpha value is -0.265. The molecule has 0 aliphatic heterocycles. The molecule has 18 heavy (non-hydrogen) atoms. The van der Waals surface area contributed by atoms with Gasteiger partial charge in [0.25, 0.3) is 0 Å². The molecule has 0 aromatic rings. The minimum absolute atomic E-state index is 0.0254. The lowest BCUT2D eigenvalue weighted by atomic mass is 9.70. The van der Waals surface area contributed by atoms with E-state index in [4.69, 9.17) is 0 Å². The maximum Gasteiger partial charge on any atom is 0.234 e. The third-order valence-corrected chi connectivity index (χ3v) is 2.95. The molecule has 0 spiro atoms. The van der Waals surface area contributed by atoms with Crippen LogP contribution in [0.2, 0.25) is 0 Å². The number of carbonyl (C=O) groups is 2. The van der Waals surface area contributed by atoms with Crippen molar-refractivity contribution in [2.75, 3.05) is 6.44 Å². The fourth-order valence-electron chi connectivity index (χ4n) is 1.12. The molecule has 0 heterocycles. The van der Waals surface area contributed by atoms with Crippen LogP contribution in [0.4, 0.5) is 0 Å². The first-order valence-electron chi connectivity index (χ1n) is 6.23. The van der Waals surface area contributed by atoms with E-state index in [0.29, 0.717) is 6.44 Å². The summed E-state index contributed by atoms with van der Waals surface area (Å²) in [4.78, 5) is 23.4. The first kappa shape index (κ1) is 17.7. The second-order valence-corrected chi connectivity index (χ2v) is 8.84. The van der Waals surface area contributed by atoms with Crippen LogP contribution in [0.3, 0.4) is 0 Å². The average Bonchev–Trinajstić information content (AvgIpc) is 2.14. The highest BCUT2D eigenvalue weighted by Crippen LogP contribution is 2.15. The molecule has 0 saturated heterocycles. The third-order valence-electron chi connectivity index (χ3n) is 2.46. The van der Waals surface area contributed by atoms with Gasteiger partial charge in [-0.05, 0) is 20.3 Å². The van der Waals surface area contributed by atoms with Crippen LogP contribution in [0.25, 0.3) is 0 Å².